The summed E-state index contributed by atoms with van der Waals surface area (Å²) < 4.78 is 22.5. The van der Waals surface area contributed by atoms with Gasteiger partial charge in [-0.1, -0.05) is 28.1 Å². The first kappa shape index (κ1) is 23.4. The molecule has 180 valence electrons. The topological polar surface area (TPSA) is 90.9 Å². The number of benzene rings is 2. The van der Waals surface area contributed by atoms with Crippen molar-refractivity contribution in [1.29, 1.82) is 0 Å². The average Bonchev–Trinajstić information content (AvgIpc) is 3.32. The van der Waals surface area contributed by atoms with Gasteiger partial charge in [0.1, 0.15) is 11.5 Å². The molecule has 0 saturated carbocycles. The minimum absolute atomic E-state index is 0.115. The highest BCUT2D eigenvalue weighted by Crippen LogP contribution is 2.32. The fourth-order valence-electron chi connectivity index (χ4n) is 4.15. The van der Waals surface area contributed by atoms with E-state index in [4.69, 9.17) is 4.42 Å². The summed E-state index contributed by atoms with van der Waals surface area (Å²) in [5.41, 5.74) is 1.72. The van der Waals surface area contributed by atoms with Gasteiger partial charge in [0.05, 0.1) is 15.6 Å². The quantitative estimate of drug-likeness (QED) is 0.160. The van der Waals surface area contributed by atoms with Crippen molar-refractivity contribution in [2.24, 2.45) is 0 Å². The number of aromatic nitrogens is 4. The van der Waals surface area contributed by atoms with Crippen molar-refractivity contribution in [2.45, 2.75) is 0 Å². The van der Waals surface area contributed by atoms with Crippen molar-refractivity contribution in [1.82, 2.24) is 19.7 Å². The van der Waals surface area contributed by atoms with Crippen molar-refractivity contribution in [3.63, 3.8) is 0 Å². The van der Waals surface area contributed by atoms with E-state index in [1.165, 1.54) is 23.0 Å². The van der Waals surface area contributed by atoms with E-state index >= 15 is 0 Å². The second-order valence-corrected chi connectivity index (χ2v) is 9.94. The van der Waals surface area contributed by atoms with E-state index in [9.17, 15) is 14.0 Å². The molecule has 0 unspecified atom stereocenters. The van der Waals surface area contributed by atoms with E-state index in [1.807, 2.05) is 12.1 Å². The fraction of sp³-hybridized carbons (Fsp3) is 0. The maximum absolute atomic E-state index is 14.1. The largest absolute Gasteiger partial charge is 0.421 e. The third-order valence-corrected chi connectivity index (χ3v) is 6.85. The zero-order chi connectivity index (χ0) is 25.7. The number of hydrogen-bond donors (Lipinski definition) is 0. The van der Waals surface area contributed by atoms with Gasteiger partial charge in [-0.25, -0.2) is 23.8 Å². The number of hydrogen-bond acceptors (Lipinski definition) is 6. The molecule has 4 aromatic heterocycles. The summed E-state index contributed by atoms with van der Waals surface area (Å²) >= 11 is 6.83. The first-order valence-corrected chi connectivity index (χ1v) is 12.5. The van der Waals surface area contributed by atoms with Crippen LogP contribution in [0.5, 0.6) is 0 Å². The highest BCUT2D eigenvalue weighted by Gasteiger charge is 2.21. The lowest BCUT2D eigenvalue weighted by Gasteiger charge is -2.11. The third kappa shape index (κ3) is 4.17. The predicted octanol–water partition coefficient (Wildman–Crippen LogP) is 6.73. The van der Waals surface area contributed by atoms with E-state index in [0.717, 1.165) is 9.86 Å². The van der Waals surface area contributed by atoms with Crippen molar-refractivity contribution < 1.29 is 13.6 Å². The average molecular weight is 620 g/mol. The molecule has 2 aromatic carbocycles. The van der Waals surface area contributed by atoms with E-state index in [2.05, 4.69) is 46.9 Å². The highest BCUT2D eigenvalue weighted by molar-refractivity contribution is 9.11. The van der Waals surface area contributed by atoms with Crippen LogP contribution in [0.25, 0.3) is 50.2 Å². The van der Waals surface area contributed by atoms with Gasteiger partial charge in [0.25, 0.3) is 0 Å². The van der Waals surface area contributed by atoms with E-state index in [-0.39, 0.29) is 16.8 Å². The maximum atomic E-state index is 14.1. The van der Waals surface area contributed by atoms with Crippen molar-refractivity contribution >= 4 is 60.1 Å². The van der Waals surface area contributed by atoms with Crippen molar-refractivity contribution in [3.8, 4) is 28.2 Å². The molecule has 7 nitrogen and oxygen atoms in total. The molecule has 0 aliphatic rings. The standard InChI is InChI=1S/C27H13Br2FN4O3/c28-18-7-16-10-21(27(36)37-24(16)22(29)11-18)23-17(13-35)12-34(33-23)26-20(14-3-1-5-19(30)8-14)9-15-4-2-6-31-25(15)32-26/h1-13H. The molecule has 6 aromatic rings. The van der Waals surface area contributed by atoms with Crippen LogP contribution >= 0.6 is 31.9 Å². The summed E-state index contributed by atoms with van der Waals surface area (Å²) in [6.07, 6.45) is 3.70. The minimum atomic E-state index is -0.651. The van der Waals surface area contributed by atoms with Gasteiger partial charge in [0.2, 0.25) is 0 Å². The smallest absolute Gasteiger partial charge is 0.345 e. The SMILES string of the molecule is O=Cc1cn(-c2nc3ncccc3cc2-c2cccc(F)c2)nc1-c1cc2cc(Br)cc(Br)c2oc1=O. The first-order chi connectivity index (χ1) is 17.9. The molecule has 0 N–H and O–H groups in total. The molecule has 0 radical (unpaired) electrons. The molecule has 0 spiro atoms. The second-order valence-electron chi connectivity index (χ2n) is 8.17. The summed E-state index contributed by atoms with van der Waals surface area (Å²) in [5, 5.41) is 5.95. The molecule has 0 aliphatic carbocycles. The number of pyridine rings is 2. The summed E-state index contributed by atoms with van der Waals surface area (Å²) in [6.45, 7) is 0. The monoisotopic (exact) mass is 618 g/mol. The van der Waals surface area contributed by atoms with E-state index in [1.54, 1.807) is 42.6 Å². The van der Waals surface area contributed by atoms with Gasteiger partial charge in [-0.05, 0) is 70.0 Å². The Morgan fingerprint density at radius 1 is 0.973 bits per heavy atom. The minimum Gasteiger partial charge on any atom is -0.421 e. The summed E-state index contributed by atoms with van der Waals surface area (Å²) in [7, 11) is 0. The Kier molecular flexibility index (Phi) is 5.77. The molecule has 0 aliphatic heterocycles. The van der Waals surface area contributed by atoms with Crippen LogP contribution in [0, 0.1) is 5.82 Å². The van der Waals surface area contributed by atoms with Crippen LogP contribution in [-0.4, -0.2) is 26.0 Å². The highest BCUT2D eigenvalue weighted by atomic mass is 79.9. The lowest BCUT2D eigenvalue weighted by Crippen LogP contribution is -2.06. The van der Waals surface area contributed by atoms with Crippen LogP contribution in [0.2, 0.25) is 0 Å². The molecule has 37 heavy (non-hydrogen) atoms. The normalized spacial score (nSPS) is 11.3. The van der Waals surface area contributed by atoms with Crippen molar-refractivity contribution in [3.05, 3.63) is 104 Å². The van der Waals surface area contributed by atoms with Crippen LogP contribution < -0.4 is 5.63 Å². The number of aldehydes is 1. The number of nitrogens with zero attached hydrogens (tertiary/aromatic N) is 4. The zero-order valence-corrected chi connectivity index (χ0v) is 21.8. The maximum Gasteiger partial charge on any atom is 0.345 e. The number of carbonyl (C=O) groups is 1. The first-order valence-electron chi connectivity index (χ1n) is 10.9. The molecule has 0 saturated heterocycles. The summed E-state index contributed by atoms with van der Waals surface area (Å²) in [5.74, 6) is -0.0858. The van der Waals surface area contributed by atoms with E-state index < -0.39 is 11.4 Å². The molecule has 4 heterocycles. The van der Waals surface area contributed by atoms with Gasteiger partial charge >= 0.3 is 5.63 Å². The Morgan fingerprint density at radius 3 is 2.62 bits per heavy atom. The van der Waals surface area contributed by atoms with Gasteiger partial charge in [-0.2, -0.15) is 5.10 Å². The molecule has 0 fully saturated rings. The lowest BCUT2D eigenvalue weighted by atomic mass is 10.0. The number of halogens is 3. The lowest BCUT2D eigenvalue weighted by molar-refractivity contribution is 0.112. The van der Waals surface area contributed by atoms with Gasteiger partial charge in [0.15, 0.2) is 23.3 Å². The Balaban J connectivity index is 1.60. The van der Waals surface area contributed by atoms with Crippen molar-refractivity contribution in [2.75, 3.05) is 0 Å². The van der Waals surface area contributed by atoms with Gasteiger partial charge in [-0.15, -0.1) is 0 Å². The number of carbonyl (C=O) groups excluding carboxylic acids is 1. The van der Waals surface area contributed by atoms with Crippen LogP contribution in [-0.2, 0) is 0 Å². The molecule has 10 heteroatoms. The Morgan fingerprint density at radius 2 is 1.81 bits per heavy atom. The molecular weight excluding hydrogens is 607 g/mol. The number of rotatable bonds is 4. The van der Waals surface area contributed by atoms with Gasteiger partial charge in [-0.3, -0.25) is 4.79 Å². The van der Waals surface area contributed by atoms with E-state index in [0.29, 0.717) is 44.3 Å². The summed E-state index contributed by atoms with van der Waals surface area (Å²) in [6, 6.07) is 16.8. The molecular formula is C27H13Br2FN4O3. The van der Waals surface area contributed by atoms with Crippen LogP contribution in [0.3, 0.4) is 0 Å². The fourth-order valence-corrected chi connectivity index (χ4v) is 5.49. The molecule has 6 rings (SSSR count). The van der Waals surface area contributed by atoms with Crippen LogP contribution in [0.1, 0.15) is 10.4 Å². The third-order valence-electron chi connectivity index (χ3n) is 5.80. The number of fused-ring (bicyclic) bond motifs is 2. The van der Waals surface area contributed by atoms with Crippen LogP contribution in [0.15, 0.2) is 91.2 Å². The van der Waals surface area contributed by atoms with Gasteiger partial charge < -0.3 is 4.42 Å². The molecule has 0 atom stereocenters. The Labute approximate surface area is 224 Å². The Hall–Kier alpha value is -4.02. The molecule has 0 bridgehead atoms. The second kappa shape index (κ2) is 9.13. The van der Waals surface area contributed by atoms with Crippen LogP contribution in [0.4, 0.5) is 4.39 Å². The predicted molar refractivity (Wildman–Crippen MR) is 144 cm³/mol. The Bertz CT molecular complexity index is 1930. The molecule has 0 amide bonds. The van der Waals surface area contributed by atoms with Gasteiger partial charge in [0, 0.05) is 33.2 Å². The zero-order valence-electron chi connectivity index (χ0n) is 18.7. The summed E-state index contributed by atoms with van der Waals surface area (Å²) in [4.78, 5) is 34.0.